The zero-order valence-electron chi connectivity index (χ0n) is 12.5. The number of rotatable bonds is 4. The van der Waals surface area contributed by atoms with Crippen LogP contribution in [0.2, 0.25) is 0 Å². The molecule has 2 fully saturated rings. The van der Waals surface area contributed by atoms with Gasteiger partial charge in [-0.3, -0.25) is 4.79 Å². The molecule has 2 bridgehead atoms. The maximum atomic E-state index is 12.5. The predicted octanol–water partition coefficient (Wildman–Crippen LogP) is 1.72. The lowest BCUT2D eigenvalue weighted by Crippen LogP contribution is -2.48. The Bertz CT molecular complexity index is 520. The molecule has 1 amide bonds. The summed E-state index contributed by atoms with van der Waals surface area (Å²) in [6, 6.07) is 6.64. The SMILES string of the molecule is COc1ccc(OC)c(C(=O)NC2CC3CCC(C2)N3)c1. The van der Waals surface area contributed by atoms with Crippen LogP contribution in [0.25, 0.3) is 0 Å². The molecule has 0 saturated carbocycles. The summed E-state index contributed by atoms with van der Waals surface area (Å²) in [7, 11) is 3.16. The lowest BCUT2D eigenvalue weighted by atomic mass is 9.99. The Morgan fingerprint density at radius 2 is 1.90 bits per heavy atom. The first kappa shape index (κ1) is 14.2. The van der Waals surface area contributed by atoms with Crippen LogP contribution in [0.15, 0.2) is 18.2 Å². The topological polar surface area (TPSA) is 59.6 Å². The molecule has 2 saturated heterocycles. The molecule has 3 rings (SSSR count). The van der Waals surface area contributed by atoms with E-state index in [0.717, 1.165) is 12.8 Å². The van der Waals surface area contributed by atoms with Crippen LogP contribution in [-0.4, -0.2) is 38.3 Å². The maximum absolute atomic E-state index is 12.5. The number of carbonyl (C=O) groups excluding carboxylic acids is 1. The molecule has 2 atom stereocenters. The van der Waals surface area contributed by atoms with Crippen LogP contribution in [-0.2, 0) is 0 Å². The predicted molar refractivity (Wildman–Crippen MR) is 80.0 cm³/mol. The highest BCUT2D eigenvalue weighted by molar-refractivity contribution is 5.97. The van der Waals surface area contributed by atoms with Crippen LogP contribution in [0.5, 0.6) is 11.5 Å². The van der Waals surface area contributed by atoms with Crippen LogP contribution in [0.4, 0.5) is 0 Å². The number of benzene rings is 1. The van der Waals surface area contributed by atoms with Gasteiger partial charge >= 0.3 is 0 Å². The Balaban J connectivity index is 1.72. The minimum atomic E-state index is -0.0861. The molecule has 1 aromatic carbocycles. The fraction of sp³-hybridized carbons (Fsp3) is 0.562. The van der Waals surface area contributed by atoms with Crippen LogP contribution in [0.1, 0.15) is 36.0 Å². The van der Waals surface area contributed by atoms with Crippen molar-refractivity contribution in [2.75, 3.05) is 14.2 Å². The Hall–Kier alpha value is -1.75. The summed E-state index contributed by atoms with van der Waals surface area (Å²) in [5.41, 5.74) is 0.530. The summed E-state index contributed by atoms with van der Waals surface area (Å²) in [5, 5.41) is 6.73. The van der Waals surface area contributed by atoms with Crippen molar-refractivity contribution in [2.45, 2.75) is 43.8 Å². The van der Waals surface area contributed by atoms with Gasteiger partial charge in [0.2, 0.25) is 0 Å². The normalized spacial score (nSPS) is 27.2. The first-order valence-electron chi connectivity index (χ1n) is 7.48. The number of hydrogen-bond donors (Lipinski definition) is 2. The van der Waals surface area contributed by atoms with Gasteiger partial charge < -0.3 is 20.1 Å². The first-order valence-corrected chi connectivity index (χ1v) is 7.48. The van der Waals surface area contributed by atoms with E-state index in [-0.39, 0.29) is 11.9 Å². The number of carbonyl (C=O) groups is 1. The van der Waals surface area contributed by atoms with Gasteiger partial charge in [0.05, 0.1) is 19.8 Å². The Kier molecular flexibility index (Phi) is 4.01. The third-order valence-electron chi connectivity index (χ3n) is 4.46. The minimum absolute atomic E-state index is 0.0861. The summed E-state index contributed by atoms with van der Waals surface area (Å²) >= 11 is 0. The quantitative estimate of drug-likeness (QED) is 0.886. The van der Waals surface area contributed by atoms with Gasteiger partial charge in [-0.2, -0.15) is 0 Å². The number of piperidine rings is 1. The summed E-state index contributed by atoms with van der Waals surface area (Å²) in [6.45, 7) is 0. The van der Waals surface area contributed by atoms with Gasteiger partial charge in [-0.15, -0.1) is 0 Å². The molecular formula is C16H22N2O3. The number of amides is 1. The van der Waals surface area contributed by atoms with Crippen molar-refractivity contribution in [2.24, 2.45) is 0 Å². The van der Waals surface area contributed by atoms with Crippen LogP contribution in [0.3, 0.4) is 0 Å². The molecule has 2 aliphatic heterocycles. The molecule has 5 heteroatoms. The van der Waals surface area contributed by atoms with Gasteiger partial charge in [-0.25, -0.2) is 0 Å². The van der Waals surface area contributed by atoms with E-state index < -0.39 is 0 Å². The highest BCUT2D eigenvalue weighted by Crippen LogP contribution is 2.28. The van der Waals surface area contributed by atoms with E-state index in [1.807, 2.05) is 0 Å². The molecule has 2 aliphatic rings. The van der Waals surface area contributed by atoms with Gasteiger partial charge in [0.25, 0.3) is 5.91 Å². The molecule has 0 spiro atoms. The average Bonchev–Trinajstić information content (AvgIpc) is 2.85. The highest BCUT2D eigenvalue weighted by atomic mass is 16.5. The van der Waals surface area contributed by atoms with Crippen LogP contribution in [0, 0.1) is 0 Å². The molecule has 114 valence electrons. The Labute approximate surface area is 125 Å². The second-order valence-electron chi connectivity index (χ2n) is 5.85. The smallest absolute Gasteiger partial charge is 0.255 e. The fourth-order valence-electron chi connectivity index (χ4n) is 3.43. The van der Waals surface area contributed by atoms with E-state index >= 15 is 0 Å². The van der Waals surface area contributed by atoms with E-state index in [4.69, 9.17) is 9.47 Å². The van der Waals surface area contributed by atoms with Crippen molar-refractivity contribution in [3.05, 3.63) is 23.8 Å². The average molecular weight is 290 g/mol. The van der Waals surface area contributed by atoms with E-state index in [9.17, 15) is 4.79 Å². The molecule has 2 heterocycles. The molecule has 0 aromatic heterocycles. The lowest BCUT2D eigenvalue weighted by Gasteiger charge is -2.29. The molecule has 2 N–H and O–H groups in total. The second kappa shape index (κ2) is 5.93. The standard InChI is InChI=1S/C16H22N2O3/c1-20-13-5-6-15(21-2)14(9-13)16(19)18-12-7-10-3-4-11(8-12)17-10/h5-6,9-12,17H,3-4,7-8H2,1-2H3,(H,18,19). The number of hydrogen-bond acceptors (Lipinski definition) is 4. The van der Waals surface area contributed by atoms with Crippen LogP contribution < -0.4 is 20.1 Å². The largest absolute Gasteiger partial charge is 0.497 e. The summed E-state index contributed by atoms with van der Waals surface area (Å²) in [6.07, 6.45) is 4.46. The number of fused-ring (bicyclic) bond motifs is 2. The van der Waals surface area contributed by atoms with E-state index in [2.05, 4.69) is 10.6 Å². The third kappa shape index (κ3) is 2.97. The van der Waals surface area contributed by atoms with E-state index in [1.165, 1.54) is 12.8 Å². The molecular weight excluding hydrogens is 268 g/mol. The zero-order chi connectivity index (χ0) is 14.8. The number of nitrogens with one attached hydrogen (secondary N) is 2. The molecule has 0 radical (unpaired) electrons. The third-order valence-corrected chi connectivity index (χ3v) is 4.46. The minimum Gasteiger partial charge on any atom is -0.497 e. The van der Waals surface area contributed by atoms with Crippen molar-refractivity contribution in [1.82, 2.24) is 10.6 Å². The van der Waals surface area contributed by atoms with Crippen molar-refractivity contribution in [1.29, 1.82) is 0 Å². The molecule has 2 unspecified atom stereocenters. The van der Waals surface area contributed by atoms with Crippen molar-refractivity contribution in [3.8, 4) is 11.5 Å². The van der Waals surface area contributed by atoms with Crippen molar-refractivity contribution in [3.63, 3.8) is 0 Å². The van der Waals surface area contributed by atoms with E-state index in [0.29, 0.717) is 29.1 Å². The van der Waals surface area contributed by atoms with Crippen molar-refractivity contribution >= 4 is 5.91 Å². The van der Waals surface area contributed by atoms with E-state index in [1.54, 1.807) is 32.4 Å². The second-order valence-corrected chi connectivity index (χ2v) is 5.85. The summed E-state index contributed by atoms with van der Waals surface area (Å²) in [4.78, 5) is 12.5. The van der Waals surface area contributed by atoms with Gasteiger partial charge in [-0.05, 0) is 43.9 Å². The van der Waals surface area contributed by atoms with Gasteiger partial charge in [0.15, 0.2) is 0 Å². The molecule has 5 nitrogen and oxygen atoms in total. The van der Waals surface area contributed by atoms with Gasteiger partial charge in [0.1, 0.15) is 11.5 Å². The number of methoxy groups -OCH3 is 2. The summed E-state index contributed by atoms with van der Waals surface area (Å²) < 4.78 is 10.5. The molecule has 1 aromatic rings. The monoisotopic (exact) mass is 290 g/mol. The highest BCUT2D eigenvalue weighted by Gasteiger charge is 2.34. The van der Waals surface area contributed by atoms with Crippen molar-refractivity contribution < 1.29 is 14.3 Å². The Morgan fingerprint density at radius 1 is 1.19 bits per heavy atom. The molecule has 21 heavy (non-hydrogen) atoms. The zero-order valence-corrected chi connectivity index (χ0v) is 12.5. The summed E-state index contributed by atoms with van der Waals surface area (Å²) in [5.74, 6) is 1.15. The number of ether oxygens (including phenoxy) is 2. The van der Waals surface area contributed by atoms with Gasteiger partial charge in [0, 0.05) is 18.1 Å². The Morgan fingerprint density at radius 3 is 2.52 bits per heavy atom. The fourth-order valence-corrected chi connectivity index (χ4v) is 3.43. The lowest BCUT2D eigenvalue weighted by molar-refractivity contribution is 0.0920. The first-order chi connectivity index (χ1) is 10.2. The van der Waals surface area contributed by atoms with Crippen LogP contribution >= 0.6 is 0 Å². The molecule has 0 aliphatic carbocycles. The van der Waals surface area contributed by atoms with Gasteiger partial charge in [-0.1, -0.05) is 0 Å². The maximum Gasteiger partial charge on any atom is 0.255 e.